The maximum atomic E-state index is 9.54. The molecule has 0 bridgehead atoms. The molecule has 4 nitrogen and oxygen atoms in total. The average Bonchev–Trinajstić information content (AvgIpc) is 2.32. The van der Waals surface area contributed by atoms with Crippen molar-refractivity contribution in [1.29, 1.82) is 0 Å². The number of hydrogen-bond donors (Lipinski definition) is 2. The molecule has 2 atom stereocenters. The Hall–Kier alpha value is -1.35. The summed E-state index contributed by atoms with van der Waals surface area (Å²) in [6.07, 6.45) is 0.390. The van der Waals surface area contributed by atoms with Gasteiger partial charge in [0, 0.05) is 11.8 Å². The largest absolute Gasteiger partial charge is 0.497 e. The van der Waals surface area contributed by atoms with Crippen molar-refractivity contribution in [2.45, 2.75) is 25.9 Å². The number of hydrogen-bond acceptors (Lipinski definition) is 4. The molecule has 0 aliphatic carbocycles. The van der Waals surface area contributed by atoms with Crippen molar-refractivity contribution in [3.05, 3.63) is 24.5 Å². The van der Waals surface area contributed by atoms with E-state index in [4.69, 9.17) is 4.74 Å². The molecule has 17 heavy (non-hydrogen) atoms. The normalized spacial score (nSPS) is 14.4. The molecule has 0 saturated heterocycles. The fourth-order valence-electron chi connectivity index (χ4n) is 0.912. The number of nitrogens with one attached hydrogen (secondary N) is 1. The van der Waals surface area contributed by atoms with Gasteiger partial charge in [0.1, 0.15) is 15.3 Å². The minimum Gasteiger partial charge on any atom is -0.497 e. The van der Waals surface area contributed by atoms with Gasteiger partial charge in [0.2, 0.25) is 0 Å². The summed E-state index contributed by atoms with van der Waals surface area (Å²) in [5.74, 6) is 3.16. The van der Waals surface area contributed by atoms with Crippen molar-refractivity contribution in [2.24, 2.45) is 4.99 Å². The molecule has 5 heteroatoms. The Morgan fingerprint density at radius 2 is 2.24 bits per heavy atom. The van der Waals surface area contributed by atoms with Crippen molar-refractivity contribution in [2.75, 3.05) is 7.11 Å². The summed E-state index contributed by atoms with van der Waals surface area (Å²) >= 11 is 0. The Morgan fingerprint density at radius 1 is 1.59 bits per heavy atom. The first kappa shape index (κ1) is 15.6. The van der Waals surface area contributed by atoms with Gasteiger partial charge < -0.3 is 9.84 Å². The lowest BCUT2D eigenvalue weighted by Crippen LogP contribution is -2.36. The van der Waals surface area contributed by atoms with Gasteiger partial charge in [-0.15, -0.1) is 5.54 Å². The fourth-order valence-corrected chi connectivity index (χ4v) is 1.32. The molecule has 0 aromatic heterocycles. The molecule has 0 heterocycles. The zero-order chi connectivity index (χ0) is 13.3. The summed E-state index contributed by atoms with van der Waals surface area (Å²) in [6.45, 7) is 11.2. The Balaban J connectivity index is 4.17. The number of allylic oxidation sites excluding steroid dienone is 1. The predicted octanol–water partition coefficient (Wildman–Crippen LogP) is 0.205. The number of methoxy groups -OCH3 is 1. The molecule has 0 aromatic carbocycles. The van der Waals surface area contributed by atoms with Crippen molar-refractivity contribution in [1.82, 2.24) is 5.32 Å². The summed E-state index contributed by atoms with van der Waals surface area (Å²) in [6, 6.07) is 0. The van der Waals surface area contributed by atoms with E-state index >= 15 is 0 Å². The number of ether oxygens (including phenoxy) is 1. The smallest absolute Gasteiger partial charge is 0.164 e. The van der Waals surface area contributed by atoms with Crippen LogP contribution in [0.15, 0.2) is 29.5 Å². The van der Waals surface area contributed by atoms with Gasteiger partial charge in [-0.2, -0.15) is 0 Å². The number of aliphatic imine (C=N–C) groups is 1. The van der Waals surface area contributed by atoms with Crippen LogP contribution in [-0.2, 0) is 4.74 Å². The summed E-state index contributed by atoms with van der Waals surface area (Å²) in [5, 5.41) is 12.3. The lowest BCUT2D eigenvalue weighted by Gasteiger charge is -2.16. The third-order valence-electron chi connectivity index (χ3n) is 1.85. The Kier molecular flexibility index (Phi) is 8.06. The SMILES string of the molecule is C=C(C#C[SiH2]C)C=NC(C)NC(O)C(=C)OC. The standard InChI is InChI=1S/C12H20N2O2Si/c1-9(6-7-17-5)8-13-11(3)14-12(15)10(2)16-4/h8,11-12,14-15H,1-2,17H2,3-5H3. The molecule has 0 aliphatic heterocycles. The molecule has 2 unspecified atom stereocenters. The molecule has 0 saturated carbocycles. The van der Waals surface area contributed by atoms with Gasteiger partial charge in [-0.3, -0.25) is 10.3 Å². The number of aliphatic hydroxyl groups is 1. The van der Waals surface area contributed by atoms with E-state index in [9.17, 15) is 5.11 Å². The number of aliphatic hydroxyl groups excluding tert-OH is 1. The Bertz CT molecular complexity index is 355. The van der Waals surface area contributed by atoms with E-state index in [2.05, 4.69) is 41.5 Å². The molecule has 0 aromatic rings. The summed E-state index contributed by atoms with van der Waals surface area (Å²) in [7, 11) is 1.19. The van der Waals surface area contributed by atoms with Crippen LogP contribution in [0.3, 0.4) is 0 Å². The minimum atomic E-state index is -0.936. The highest BCUT2D eigenvalue weighted by atomic mass is 28.2. The van der Waals surface area contributed by atoms with E-state index in [-0.39, 0.29) is 21.4 Å². The van der Waals surface area contributed by atoms with Crippen LogP contribution in [0.5, 0.6) is 0 Å². The highest BCUT2D eigenvalue weighted by Gasteiger charge is 2.10. The first-order valence-corrected chi connectivity index (χ1v) is 7.51. The molecule has 94 valence electrons. The first-order valence-electron chi connectivity index (χ1n) is 5.39. The van der Waals surface area contributed by atoms with E-state index in [1.165, 1.54) is 7.11 Å². The van der Waals surface area contributed by atoms with Gasteiger partial charge in [0.25, 0.3) is 0 Å². The van der Waals surface area contributed by atoms with E-state index in [1.807, 2.05) is 0 Å². The monoisotopic (exact) mass is 252 g/mol. The molecule has 0 spiro atoms. The van der Waals surface area contributed by atoms with E-state index < -0.39 is 6.23 Å². The van der Waals surface area contributed by atoms with Crippen molar-refractivity contribution in [3.8, 4) is 11.5 Å². The average molecular weight is 252 g/mol. The van der Waals surface area contributed by atoms with Gasteiger partial charge in [0.05, 0.1) is 13.3 Å². The van der Waals surface area contributed by atoms with Crippen molar-refractivity contribution >= 4 is 15.7 Å². The predicted molar refractivity (Wildman–Crippen MR) is 74.6 cm³/mol. The van der Waals surface area contributed by atoms with Crippen LogP contribution in [0, 0.1) is 11.5 Å². The second-order valence-electron chi connectivity index (χ2n) is 3.37. The van der Waals surface area contributed by atoms with Gasteiger partial charge >= 0.3 is 0 Å². The van der Waals surface area contributed by atoms with Crippen LogP contribution in [0.4, 0.5) is 0 Å². The molecule has 0 rings (SSSR count). The zero-order valence-electron chi connectivity index (χ0n) is 10.7. The van der Waals surface area contributed by atoms with Crippen LogP contribution in [-0.4, -0.2) is 40.3 Å². The van der Waals surface area contributed by atoms with Crippen LogP contribution >= 0.6 is 0 Å². The Labute approximate surface area is 105 Å². The van der Waals surface area contributed by atoms with E-state index in [1.54, 1.807) is 13.1 Å². The maximum Gasteiger partial charge on any atom is 0.164 e. The molecule has 0 amide bonds. The number of nitrogens with zero attached hydrogens (tertiary/aromatic N) is 1. The lowest BCUT2D eigenvalue weighted by atomic mass is 10.3. The fraction of sp³-hybridized carbons (Fsp3) is 0.417. The summed E-state index contributed by atoms with van der Waals surface area (Å²) < 4.78 is 4.80. The molecule has 0 radical (unpaired) electrons. The van der Waals surface area contributed by atoms with Crippen LogP contribution < -0.4 is 5.32 Å². The Morgan fingerprint density at radius 3 is 2.76 bits per heavy atom. The van der Waals surface area contributed by atoms with E-state index in [0.717, 1.165) is 0 Å². The zero-order valence-corrected chi connectivity index (χ0v) is 12.1. The lowest BCUT2D eigenvalue weighted by molar-refractivity contribution is 0.0946. The topological polar surface area (TPSA) is 53.9 Å². The van der Waals surface area contributed by atoms with Gasteiger partial charge in [0.15, 0.2) is 6.23 Å². The van der Waals surface area contributed by atoms with Crippen LogP contribution in [0.1, 0.15) is 6.92 Å². The molecular weight excluding hydrogens is 232 g/mol. The quantitative estimate of drug-likeness (QED) is 0.233. The maximum absolute atomic E-state index is 9.54. The minimum absolute atomic E-state index is 0.252. The summed E-state index contributed by atoms with van der Waals surface area (Å²) in [4.78, 5) is 4.15. The first-order chi connectivity index (χ1) is 8.01. The molecule has 0 fully saturated rings. The van der Waals surface area contributed by atoms with Gasteiger partial charge in [-0.05, 0) is 6.92 Å². The third kappa shape index (κ3) is 7.52. The highest BCUT2D eigenvalue weighted by molar-refractivity contribution is 6.44. The second kappa shape index (κ2) is 8.76. The van der Waals surface area contributed by atoms with Crippen molar-refractivity contribution in [3.63, 3.8) is 0 Å². The molecule has 0 aliphatic rings. The van der Waals surface area contributed by atoms with Crippen LogP contribution in [0.2, 0.25) is 6.55 Å². The highest BCUT2D eigenvalue weighted by Crippen LogP contribution is 1.98. The van der Waals surface area contributed by atoms with Gasteiger partial charge in [-0.1, -0.05) is 25.6 Å². The number of rotatable bonds is 6. The molecular formula is C12H20N2O2Si. The third-order valence-corrected chi connectivity index (χ3v) is 2.38. The molecule has 2 N–H and O–H groups in total. The summed E-state index contributed by atoms with van der Waals surface area (Å²) in [5.41, 5.74) is 3.71. The van der Waals surface area contributed by atoms with Gasteiger partial charge in [-0.25, -0.2) is 0 Å². The van der Waals surface area contributed by atoms with Crippen molar-refractivity contribution < 1.29 is 9.84 Å². The second-order valence-corrected chi connectivity index (χ2v) is 4.44. The van der Waals surface area contributed by atoms with Crippen LogP contribution in [0.25, 0.3) is 0 Å². The van der Waals surface area contributed by atoms with E-state index in [0.29, 0.717) is 5.57 Å².